The summed E-state index contributed by atoms with van der Waals surface area (Å²) in [4.78, 5) is 11.0. The summed E-state index contributed by atoms with van der Waals surface area (Å²) in [7, 11) is 0. The number of benzene rings is 1. The number of nitrogens with one attached hydrogen (secondary N) is 1. The molecule has 1 aromatic heterocycles. The summed E-state index contributed by atoms with van der Waals surface area (Å²) in [5, 5.41) is 3.75. The molecular weight excluding hydrogens is 284 g/mol. The van der Waals surface area contributed by atoms with Crippen molar-refractivity contribution < 1.29 is 0 Å². The van der Waals surface area contributed by atoms with Crippen molar-refractivity contribution in [1.29, 1.82) is 0 Å². The number of halogens is 1. The summed E-state index contributed by atoms with van der Waals surface area (Å²) in [5.41, 5.74) is 2.29. The van der Waals surface area contributed by atoms with Crippen molar-refractivity contribution in [3.8, 4) is 0 Å². The number of anilines is 3. The molecule has 0 saturated carbocycles. The summed E-state index contributed by atoms with van der Waals surface area (Å²) in [6.45, 7) is 4.34. The second-order valence-electron chi connectivity index (χ2n) is 5.21. The summed E-state index contributed by atoms with van der Waals surface area (Å²) in [5.74, 6) is 1.49. The number of hydrogen-bond donors (Lipinski definition) is 1. The second-order valence-corrected chi connectivity index (χ2v) is 5.60. The van der Waals surface area contributed by atoms with E-state index in [1.165, 1.54) is 18.5 Å². The van der Waals surface area contributed by atoms with Crippen LogP contribution in [0.1, 0.15) is 25.6 Å². The van der Waals surface area contributed by atoms with Crippen molar-refractivity contribution in [1.82, 2.24) is 9.97 Å². The number of hydrogen-bond acceptors (Lipinski definition) is 4. The Morgan fingerprint density at radius 2 is 1.86 bits per heavy atom. The Morgan fingerprint density at radius 1 is 1.14 bits per heavy atom. The van der Waals surface area contributed by atoms with Gasteiger partial charge in [0.2, 0.25) is 0 Å². The van der Waals surface area contributed by atoms with Gasteiger partial charge in [-0.25, -0.2) is 9.97 Å². The first-order valence-corrected chi connectivity index (χ1v) is 7.78. The van der Waals surface area contributed by atoms with Crippen molar-refractivity contribution >= 4 is 28.8 Å². The van der Waals surface area contributed by atoms with Crippen LogP contribution < -0.4 is 10.2 Å². The molecule has 2 aromatic rings. The third kappa shape index (κ3) is 3.45. The molecule has 21 heavy (non-hydrogen) atoms. The molecule has 0 spiro atoms. The van der Waals surface area contributed by atoms with E-state index >= 15 is 0 Å². The SMILES string of the molecule is CCc1nc(Cl)cc(Nc2ccc(N3CCCC3)cc2)n1. The minimum absolute atomic E-state index is 0.470. The molecule has 1 aliphatic rings. The van der Waals surface area contributed by atoms with Gasteiger partial charge in [0.05, 0.1) is 0 Å². The normalized spacial score (nSPS) is 14.5. The molecule has 1 N–H and O–H groups in total. The second kappa shape index (κ2) is 6.31. The van der Waals surface area contributed by atoms with E-state index in [-0.39, 0.29) is 0 Å². The maximum Gasteiger partial charge on any atom is 0.135 e. The van der Waals surface area contributed by atoms with E-state index in [0.29, 0.717) is 5.15 Å². The highest BCUT2D eigenvalue weighted by atomic mass is 35.5. The van der Waals surface area contributed by atoms with Gasteiger partial charge >= 0.3 is 0 Å². The Balaban J connectivity index is 1.74. The van der Waals surface area contributed by atoms with Crippen LogP contribution >= 0.6 is 11.6 Å². The molecule has 0 aliphatic carbocycles. The molecular formula is C16H19ClN4. The Hall–Kier alpha value is -1.81. The molecule has 0 unspecified atom stereocenters. The first-order valence-electron chi connectivity index (χ1n) is 7.40. The van der Waals surface area contributed by atoms with Gasteiger partial charge in [-0.05, 0) is 37.1 Å². The van der Waals surface area contributed by atoms with Crippen molar-refractivity contribution in [3.63, 3.8) is 0 Å². The van der Waals surface area contributed by atoms with Crippen LogP contribution in [0.3, 0.4) is 0 Å². The molecule has 3 rings (SSSR count). The number of rotatable bonds is 4. The van der Waals surface area contributed by atoms with Crippen molar-refractivity contribution in [2.45, 2.75) is 26.2 Å². The zero-order chi connectivity index (χ0) is 14.7. The Kier molecular flexibility index (Phi) is 4.25. The molecule has 0 atom stereocenters. The van der Waals surface area contributed by atoms with Gasteiger partial charge in [-0.1, -0.05) is 18.5 Å². The molecule has 0 amide bonds. The average Bonchev–Trinajstić information content (AvgIpc) is 3.01. The highest BCUT2D eigenvalue weighted by Crippen LogP contribution is 2.24. The average molecular weight is 303 g/mol. The van der Waals surface area contributed by atoms with E-state index in [4.69, 9.17) is 11.6 Å². The first kappa shape index (κ1) is 14.1. The third-order valence-corrected chi connectivity index (χ3v) is 3.86. The molecule has 1 aliphatic heterocycles. The predicted octanol–water partition coefficient (Wildman–Crippen LogP) is 4.04. The van der Waals surface area contributed by atoms with Gasteiger partial charge in [0, 0.05) is 37.0 Å². The van der Waals surface area contributed by atoms with Crippen LogP contribution in [0.4, 0.5) is 17.2 Å². The van der Waals surface area contributed by atoms with Gasteiger partial charge in [0.25, 0.3) is 0 Å². The van der Waals surface area contributed by atoms with Crippen molar-refractivity contribution in [2.24, 2.45) is 0 Å². The van der Waals surface area contributed by atoms with E-state index in [2.05, 4.69) is 44.5 Å². The summed E-state index contributed by atoms with van der Waals surface area (Å²) in [6, 6.07) is 10.2. The topological polar surface area (TPSA) is 41.1 Å². The highest BCUT2D eigenvalue weighted by Gasteiger charge is 2.11. The van der Waals surface area contributed by atoms with E-state index in [1.54, 1.807) is 6.07 Å². The van der Waals surface area contributed by atoms with Gasteiger partial charge in [-0.15, -0.1) is 0 Å². The molecule has 1 aromatic carbocycles. The molecule has 1 saturated heterocycles. The van der Waals surface area contributed by atoms with E-state index in [0.717, 1.165) is 36.8 Å². The number of nitrogens with zero attached hydrogens (tertiary/aromatic N) is 3. The smallest absolute Gasteiger partial charge is 0.135 e. The quantitative estimate of drug-likeness (QED) is 0.866. The largest absolute Gasteiger partial charge is 0.372 e. The van der Waals surface area contributed by atoms with Gasteiger partial charge in [-0.2, -0.15) is 0 Å². The maximum absolute atomic E-state index is 6.01. The van der Waals surface area contributed by atoms with Gasteiger partial charge < -0.3 is 10.2 Å². The van der Waals surface area contributed by atoms with Crippen LogP contribution in [0, 0.1) is 0 Å². The van der Waals surface area contributed by atoms with Crippen LogP contribution in [0.15, 0.2) is 30.3 Å². The summed E-state index contributed by atoms with van der Waals surface area (Å²) >= 11 is 6.01. The van der Waals surface area contributed by atoms with Crippen LogP contribution in [-0.4, -0.2) is 23.1 Å². The van der Waals surface area contributed by atoms with Gasteiger partial charge in [0.15, 0.2) is 0 Å². The maximum atomic E-state index is 6.01. The van der Waals surface area contributed by atoms with Gasteiger partial charge in [0.1, 0.15) is 16.8 Å². The summed E-state index contributed by atoms with van der Waals surface area (Å²) in [6.07, 6.45) is 3.35. The fraction of sp³-hybridized carbons (Fsp3) is 0.375. The van der Waals surface area contributed by atoms with E-state index in [1.807, 2.05) is 6.92 Å². The number of aryl methyl sites for hydroxylation is 1. The van der Waals surface area contributed by atoms with Crippen molar-refractivity contribution in [3.05, 3.63) is 41.3 Å². The van der Waals surface area contributed by atoms with Crippen LogP contribution in [0.2, 0.25) is 5.15 Å². The van der Waals surface area contributed by atoms with E-state index in [9.17, 15) is 0 Å². The van der Waals surface area contributed by atoms with Gasteiger partial charge in [-0.3, -0.25) is 0 Å². The predicted molar refractivity (Wildman–Crippen MR) is 87.6 cm³/mol. The van der Waals surface area contributed by atoms with Crippen molar-refractivity contribution in [2.75, 3.05) is 23.3 Å². The molecule has 2 heterocycles. The lowest BCUT2D eigenvalue weighted by Gasteiger charge is -2.18. The summed E-state index contributed by atoms with van der Waals surface area (Å²) < 4.78 is 0. The lowest BCUT2D eigenvalue weighted by molar-refractivity contribution is 0.943. The highest BCUT2D eigenvalue weighted by molar-refractivity contribution is 6.29. The number of aromatic nitrogens is 2. The molecule has 0 radical (unpaired) electrons. The monoisotopic (exact) mass is 302 g/mol. The third-order valence-electron chi connectivity index (χ3n) is 3.67. The zero-order valence-corrected chi connectivity index (χ0v) is 12.9. The van der Waals surface area contributed by atoms with Crippen LogP contribution in [0.5, 0.6) is 0 Å². The lowest BCUT2D eigenvalue weighted by Crippen LogP contribution is -2.17. The fourth-order valence-corrected chi connectivity index (χ4v) is 2.77. The minimum atomic E-state index is 0.470. The molecule has 4 nitrogen and oxygen atoms in total. The fourth-order valence-electron chi connectivity index (χ4n) is 2.57. The zero-order valence-electron chi connectivity index (χ0n) is 12.1. The minimum Gasteiger partial charge on any atom is -0.372 e. The lowest BCUT2D eigenvalue weighted by atomic mass is 10.2. The Morgan fingerprint density at radius 3 is 2.52 bits per heavy atom. The molecule has 0 bridgehead atoms. The van der Waals surface area contributed by atoms with Crippen LogP contribution in [-0.2, 0) is 6.42 Å². The molecule has 1 fully saturated rings. The standard InChI is InChI=1S/C16H19ClN4/c1-2-15-19-14(17)11-16(20-15)18-12-5-7-13(8-6-12)21-9-3-4-10-21/h5-8,11H,2-4,9-10H2,1H3,(H,18,19,20). The molecule has 110 valence electrons. The first-order chi connectivity index (χ1) is 10.2. The van der Waals surface area contributed by atoms with Crippen LogP contribution in [0.25, 0.3) is 0 Å². The Labute approximate surface area is 130 Å². The molecule has 5 heteroatoms. The van der Waals surface area contributed by atoms with E-state index < -0.39 is 0 Å². The Bertz CT molecular complexity index is 606.